The van der Waals surface area contributed by atoms with E-state index in [0.29, 0.717) is 0 Å². The molecule has 0 unspecified atom stereocenters. The van der Waals surface area contributed by atoms with Crippen molar-refractivity contribution in [3.63, 3.8) is 0 Å². The van der Waals surface area contributed by atoms with E-state index in [0.717, 1.165) is 66.9 Å². The second kappa shape index (κ2) is 12.1. The Morgan fingerprint density at radius 2 is 0.885 bits per heavy atom. The molecule has 246 valence electrons. The normalized spacial score (nSPS) is 11.6. The molecule has 3 nitrogen and oxygen atoms in total. The lowest BCUT2D eigenvalue weighted by Crippen LogP contribution is -2.11. The molecular formula is C48H32FN3. The molecule has 2 heterocycles. The average molecular weight is 670 g/mol. The van der Waals surface area contributed by atoms with Crippen LogP contribution >= 0.6 is 0 Å². The van der Waals surface area contributed by atoms with E-state index in [4.69, 9.17) is 0 Å². The molecule has 0 atom stereocenters. The van der Waals surface area contributed by atoms with Crippen molar-refractivity contribution in [1.29, 1.82) is 0 Å². The Kier molecular flexibility index (Phi) is 7.00. The minimum Gasteiger partial charge on any atom is -0.310 e. The van der Waals surface area contributed by atoms with Gasteiger partial charge in [-0.15, -0.1) is 0 Å². The monoisotopic (exact) mass is 669 g/mol. The van der Waals surface area contributed by atoms with Crippen molar-refractivity contribution in [1.82, 2.24) is 9.13 Å². The van der Waals surface area contributed by atoms with Crippen LogP contribution in [-0.4, -0.2) is 9.13 Å². The third-order valence-corrected chi connectivity index (χ3v) is 10.2. The molecule has 8 aromatic carbocycles. The Labute approximate surface area is 300 Å². The molecule has 4 heteroatoms. The van der Waals surface area contributed by atoms with Gasteiger partial charge in [0.1, 0.15) is 5.82 Å². The minimum atomic E-state index is -0.247. The van der Waals surface area contributed by atoms with E-state index in [-0.39, 0.29) is 5.82 Å². The van der Waals surface area contributed by atoms with Crippen LogP contribution in [0.4, 0.5) is 21.5 Å². The van der Waals surface area contributed by atoms with E-state index in [9.17, 15) is 4.39 Å². The van der Waals surface area contributed by atoms with Crippen LogP contribution in [0.25, 0.3) is 66.1 Å². The zero-order valence-electron chi connectivity index (χ0n) is 28.2. The highest BCUT2D eigenvalue weighted by Crippen LogP contribution is 2.45. The minimum absolute atomic E-state index is 0.247. The number of halogens is 1. The molecule has 10 aromatic rings. The predicted octanol–water partition coefficient (Wildman–Crippen LogP) is 13.2. The van der Waals surface area contributed by atoms with Crippen molar-refractivity contribution < 1.29 is 4.39 Å². The molecule has 52 heavy (non-hydrogen) atoms. The maximum Gasteiger partial charge on any atom is 0.123 e. The summed E-state index contributed by atoms with van der Waals surface area (Å²) in [6.45, 7) is 0. The Bertz CT molecular complexity index is 2900. The predicted molar refractivity (Wildman–Crippen MR) is 215 cm³/mol. The number of aromatic nitrogens is 2. The molecular weight excluding hydrogens is 638 g/mol. The van der Waals surface area contributed by atoms with Crippen LogP contribution in [0, 0.1) is 5.82 Å². The van der Waals surface area contributed by atoms with Gasteiger partial charge in [-0.25, -0.2) is 4.39 Å². The largest absolute Gasteiger partial charge is 0.310 e. The van der Waals surface area contributed by atoms with Gasteiger partial charge in [-0.1, -0.05) is 109 Å². The summed E-state index contributed by atoms with van der Waals surface area (Å²) >= 11 is 0. The molecule has 0 spiro atoms. The zero-order valence-corrected chi connectivity index (χ0v) is 28.2. The molecule has 0 amide bonds. The second-order valence-electron chi connectivity index (χ2n) is 13.1. The number of rotatable bonds is 6. The van der Waals surface area contributed by atoms with Gasteiger partial charge in [-0.3, -0.25) is 0 Å². The third kappa shape index (κ3) is 4.80. The summed E-state index contributed by atoms with van der Waals surface area (Å²) in [4.78, 5) is 2.39. The van der Waals surface area contributed by atoms with E-state index < -0.39 is 0 Å². The molecule has 2 aromatic heterocycles. The first-order chi connectivity index (χ1) is 25.7. The van der Waals surface area contributed by atoms with Crippen LogP contribution in [0.5, 0.6) is 0 Å². The van der Waals surface area contributed by atoms with Gasteiger partial charge >= 0.3 is 0 Å². The molecule has 0 aliphatic heterocycles. The average Bonchev–Trinajstić information content (AvgIpc) is 3.72. The van der Waals surface area contributed by atoms with Gasteiger partial charge in [0.25, 0.3) is 0 Å². The van der Waals surface area contributed by atoms with Crippen LogP contribution in [0.1, 0.15) is 0 Å². The van der Waals surface area contributed by atoms with Crippen molar-refractivity contribution in [3.05, 3.63) is 200 Å². The van der Waals surface area contributed by atoms with E-state index in [2.05, 4.69) is 184 Å². The Morgan fingerprint density at radius 1 is 0.365 bits per heavy atom. The standard InChI is InChI=1S/C48H32FN3/c49-34-23-25-36(26-24-34)51-46-22-12-9-19-41(46)43-31-37(28-30-47(43)51)50(44-20-10-7-17-39(44)33-13-3-1-4-14-33)38-27-29-42-40-18-8-11-21-45(40)52(48(42)32-38)35-15-5-2-6-16-35/h1-32H. The van der Waals surface area contributed by atoms with E-state index in [1.807, 2.05) is 12.1 Å². The van der Waals surface area contributed by atoms with E-state index >= 15 is 0 Å². The van der Waals surface area contributed by atoms with Gasteiger partial charge in [0.15, 0.2) is 0 Å². The van der Waals surface area contributed by atoms with Crippen LogP contribution in [0.2, 0.25) is 0 Å². The van der Waals surface area contributed by atoms with Gasteiger partial charge in [-0.05, 0) is 90.5 Å². The second-order valence-corrected chi connectivity index (χ2v) is 13.1. The fraction of sp³-hybridized carbons (Fsp3) is 0. The van der Waals surface area contributed by atoms with E-state index in [1.165, 1.54) is 28.4 Å². The van der Waals surface area contributed by atoms with Crippen LogP contribution in [0.15, 0.2) is 194 Å². The molecule has 10 rings (SSSR count). The SMILES string of the molecule is Fc1ccc(-n2c3ccccc3c3cc(N(c4ccc5c6ccccc6n(-c6ccccc6)c5c4)c4ccccc4-c4ccccc4)ccc32)cc1. The number of benzene rings is 8. The molecule has 0 bridgehead atoms. The van der Waals surface area contributed by atoms with Crippen molar-refractivity contribution in [3.8, 4) is 22.5 Å². The molecule has 0 aliphatic rings. The summed E-state index contributed by atoms with van der Waals surface area (Å²) in [7, 11) is 0. The summed E-state index contributed by atoms with van der Waals surface area (Å²) in [5, 5.41) is 4.69. The number of hydrogen-bond donors (Lipinski definition) is 0. The third-order valence-electron chi connectivity index (χ3n) is 10.2. The van der Waals surface area contributed by atoms with Crippen molar-refractivity contribution in [2.75, 3.05) is 4.90 Å². The zero-order chi connectivity index (χ0) is 34.6. The quantitative estimate of drug-likeness (QED) is 0.172. The number of fused-ring (bicyclic) bond motifs is 6. The molecule has 0 fully saturated rings. The molecule has 0 saturated carbocycles. The highest BCUT2D eigenvalue weighted by atomic mass is 19.1. The lowest BCUT2D eigenvalue weighted by atomic mass is 10.0. The summed E-state index contributed by atoms with van der Waals surface area (Å²) in [6.07, 6.45) is 0. The highest BCUT2D eigenvalue weighted by molar-refractivity contribution is 6.12. The number of anilines is 3. The summed E-state index contributed by atoms with van der Waals surface area (Å²) in [5.74, 6) is -0.247. The fourth-order valence-electron chi connectivity index (χ4n) is 7.88. The maximum atomic E-state index is 14.0. The van der Waals surface area contributed by atoms with Crippen molar-refractivity contribution >= 4 is 60.7 Å². The van der Waals surface area contributed by atoms with Crippen LogP contribution < -0.4 is 4.90 Å². The van der Waals surface area contributed by atoms with Crippen LogP contribution in [0.3, 0.4) is 0 Å². The summed E-state index contributed by atoms with van der Waals surface area (Å²) < 4.78 is 18.6. The first-order valence-corrected chi connectivity index (χ1v) is 17.6. The number of hydrogen-bond acceptors (Lipinski definition) is 1. The smallest absolute Gasteiger partial charge is 0.123 e. The Morgan fingerprint density at radius 3 is 1.63 bits per heavy atom. The van der Waals surface area contributed by atoms with Gasteiger partial charge in [-0.2, -0.15) is 0 Å². The van der Waals surface area contributed by atoms with Crippen molar-refractivity contribution in [2.24, 2.45) is 0 Å². The first kappa shape index (κ1) is 30.0. The van der Waals surface area contributed by atoms with Gasteiger partial charge in [0.2, 0.25) is 0 Å². The van der Waals surface area contributed by atoms with E-state index in [1.54, 1.807) is 0 Å². The topological polar surface area (TPSA) is 13.1 Å². The molecule has 0 radical (unpaired) electrons. The highest BCUT2D eigenvalue weighted by Gasteiger charge is 2.22. The Hall–Kier alpha value is -6.91. The van der Waals surface area contributed by atoms with Gasteiger partial charge < -0.3 is 14.0 Å². The van der Waals surface area contributed by atoms with Gasteiger partial charge in [0, 0.05) is 49.9 Å². The lowest BCUT2D eigenvalue weighted by molar-refractivity contribution is 0.627. The fourth-order valence-corrected chi connectivity index (χ4v) is 7.88. The molecule has 0 aliphatic carbocycles. The van der Waals surface area contributed by atoms with Crippen LogP contribution in [-0.2, 0) is 0 Å². The number of para-hydroxylation sites is 4. The van der Waals surface area contributed by atoms with Crippen molar-refractivity contribution in [2.45, 2.75) is 0 Å². The molecule has 0 N–H and O–H groups in total. The summed E-state index contributed by atoms with van der Waals surface area (Å²) in [6, 6.07) is 67.2. The molecule has 0 saturated heterocycles. The Balaban J connectivity index is 1.26. The maximum absolute atomic E-state index is 14.0. The lowest BCUT2D eigenvalue weighted by Gasteiger charge is -2.28. The summed E-state index contributed by atoms with van der Waals surface area (Å²) in [5.41, 5.74) is 12.0. The number of nitrogens with zero attached hydrogens (tertiary/aromatic N) is 3. The first-order valence-electron chi connectivity index (χ1n) is 17.6. The van der Waals surface area contributed by atoms with Gasteiger partial charge in [0.05, 0.1) is 27.8 Å².